The summed E-state index contributed by atoms with van der Waals surface area (Å²) in [6.45, 7) is 1.79. The molecule has 0 amide bonds. The fourth-order valence-electron chi connectivity index (χ4n) is 2.31. The second kappa shape index (κ2) is 8.30. The standard InChI is InChI=1S/C20H18N2OS/c21-14-17-6-8-18(9-7-17)23-20-11-10-19(24-20)15-22-13-12-16-4-2-1-3-5-16/h1-11,22H,12-13,15H2. The lowest BCUT2D eigenvalue weighted by Gasteiger charge is -2.04. The Morgan fingerprint density at radius 3 is 2.50 bits per heavy atom. The summed E-state index contributed by atoms with van der Waals surface area (Å²) in [5, 5.41) is 13.1. The molecule has 3 rings (SSSR count). The number of thiophene rings is 1. The number of hydrogen-bond donors (Lipinski definition) is 1. The predicted molar refractivity (Wildman–Crippen MR) is 97.4 cm³/mol. The number of ether oxygens (including phenoxy) is 1. The highest BCUT2D eigenvalue weighted by Gasteiger charge is 2.03. The van der Waals surface area contributed by atoms with E-state index in [2.05, 4.69) is 41.7 Å². The lowest BCUT2D eigenvalue weighted by atomic mass is 10.1. The molecule has 3 aromatic rings. The topological polar surface area (TPSA) is 45.0 Å². The number of nitrogens with one attached hydrogen (secondary N) is 1. The zero-order valence-corrected chi connectivity index (χ0v) is 14.1. The maximum Gasteiger partial charge on any atom is 0.181 e. The zero-order valence-electron chi connectivity index (χ0n) is 13.2. The number of nitriles is 1. The SMILES string of the molecule is N#Cc1ccc(Oc2ccc(CNCCc3ccccc3)s2)cc1. The van der Waals surface area contributed by atoms with Gasteiger partial charge in [-0.3, -0.25) is 0 Å². The van der Waals surface area contributed by atoms with Crippen LogP contribution in [0, 0.1) is 11.3 Å². The third-order valence-corrected chi connectivity index (χ3v) is 4.53. The van der Waals surface area contributed by atoms with Crippen molar-refractivity contribution in [3.63, 3.8) is 0 Å². The average molecular weight is 334 g/mol. The van der Waals surface area contributed by atoms with Crippen LogP contribution in [0.25, 0.3) is 0 Å². The zero-order chi connectivity index (χ0) is 16.6. The van der Waals surface area contributed by atoms with Crippen LogP contribution in [0.15, 0.2) is 66.7 Å². The van der Waals surface area contributed by atoms with Crippen LogP contribution in [0.5, 0.6) is 10.8 Å². The highest BCUT2D eigenvalue weighted by atomic mass is 32.1. The van der Waals surface area contributed by atoms with Gasteiger partial charge in [0.1, 0.15) is 5.75 Å². The fraction of sp³-hybridized carbons (Fsp3) is 0.150. The van der Waals surface area contributed by atoms with Gasteiger partial charge in [-0.15, -0.1) is 11.3 Å². The molecular weight excluding hydrogens is 316 g/mol. The van der Waals surface area contributed by atoms with Crippen LogP contribution in [0.4, 0.5) is 0 Å². The first-order chi connectivity index (χ1) is 11.8. The van der Waals surface area contributed by atoms with Crippen molar-refractivity contribution in [1.29, 1.82) is 5.26 Å². The Hall–Kier alpha value is -2.61. The van der Waals surface area contributed by atoms with Crippen molar-refractivity contribution in [2.45, 2.75) is 13.0 Å². The van der Waals surface area contributed by atoms with Gasteiger partial charge in [0.2, 0.25) is 0 Å². The van der Waals surface area contributed by atoms with Crippen LogP contribution in [-0.2, 0) is 13.0 Å². The van der Waals surface area contributed by atoms with Gasteiger partial charge in [-0.1, -0.05) is 30.3 Å². The van der Waals surface area contributed by atoms with E-state index in [9.17, 15) is 0 Å². The lowest BCUT2D eigenvalue weighted by Crippen LogP contribution is -2.15. The summed E-state index contributed by atoms with van der Waals surface area (Å²) >= 11 is 1.63. The summed E-state index contributed by atoms with van der Waals surface area (Å²) in [6, 6.07) is 23.8. The Morgan fingerprint density at radius 1 is 0.958 bits per heavy atom. The van der Waals surface area contributed by atoms with Gasteiger partial charge in [0, 0.05) is 11.4 Å². The van der Waals surface area contributed by atoms with Gasteiger partial charge >= 0.3 is 0 Å². The molecule has 2 aromatic carbocycles. The average Bonchev–Trinajstić information content (AvgIpc) is 3.08. The highest BCUT2D eigenvalue weighted by molar-refractivity contribution is 7.13. The van der Waals surface area contributed by atoms with Gasteiger partial charge in [-0.05, 0) is 54.9 Å². The van der Waals surface area contributed by atoms with Crippen molar-refractivity contribution < 1.29 is 4.74 Å². The molecule has 0 saturated carbocycles. The molecule has 0 saturated heterocycles. The number of nitrogens with zero attached hydrogens (tertiary/aromatic N) is 1. The monoisotopic (exact) mass is 334 g/mol. The predicted octanol–water partition coefficient (Wildman–Crippen LogP) is 4.74. The normalized spacial score (nSPS) is 10.3. The third kappa shape index (κ3) is 4.69. The fourth-order valence-corrected chi connectivity index (χ4v) is 3.15. The van der Waals surface area contributed by atoms with Gasteiger partial charge in [0.15, 0.2) is 5.06 Å². The molecule has 0 unspecified atom stereocenters. The Kier molecular flexibility index (Phi) is 5.62. The van der Waals surface area contributed by atoms with E-state index >= 15 is 0 Å². The molecule has 0 aliphatic heterocycles. The quantitative estimate of drug-likeness (QED) is 0.635. The molecule has 0 aliphatic carbocycles. The van der Waals surface area contributed by atoms with Crippen molar-refractivity contribution in [3.05, 3.63) is 82.7 Å². The van der Waals surface area contributed by atoms with Crippen LogP contribution < -0.4 is 10.1 Å². The van der Waals surface area contributed by atoms with Gasteiger partial charge in [-0.2, -0.15) is 5.26 Å². The summed E-state index contributed by atoms with van der Waals surface area (Å²) in [5.74, 6) is 0.749. The molecule has 0 atom stereocenters. The first-order valence-corrected chi connectivity index (χ1v) is 8.66. The molecule has 120 valence electrons. The Balaban J connectivity index is 1.46. The van der Waals surface area contributed by atoms with Crippen molar-refractivity contribution in [2.24, 2.45) is 0 Å². The maximum atomic E-state index is 8.80. The molecule has 0 aliphatic rings. The van der Waals surface area contributed by atoms with Crippen LogP contribution >= 0.6 is 11.3 Å². The van der Waals surface area contributed by atoms with Crippen molar-refractivity contribution in [1.82, 2.24) is 5.32 Å². The largest absolute Gasteiger partial charge is 0.447 e. The molecule has 1 N–H and O–H groups in total. The molecule has 4 heteroatoms. The second-order valence-corrected chi connectivity index (χ2v) is 6.50. The first kappa shape index (κ1) is 16.3. The van der Waals surface area contributed by atoms with E-state index in [1.807, 2.05) is 24.3 Å². The van der Waals surface area contributed by atoms with Gasteiger partial charge in [0.05, 0.1) is 11.6 Å². The van der Waals surface area contributed by atoms with Gasteiger partial charge in [-0.25, -0.2) is 0 Å². The Labute approximate surface area is 146 Å². The lowest BCUT2D eigenvalue weighted by molar-refractivity contribution is 0.496. The smallest absolute Gasteiger partial charge is 0.181 e. The van der Waals surface area contributed by atoms with E-state index < -0.39 is 0 Å². The first-order valence-electron chi connectivity index (χ1n) is 7.85. The Bertz CT molecular complexity index is 804. The van der Waals surface area contributed by atoms with E-state index in [4.69, 9.17) is 10.00 Å². The molecule has 0 fully saturated rings. The molecule has 0 spiro atoms. The summed E-state index contributed by atoms with van der Waals surface area (Å²) in [5.41, 5.74) is 1.98. The summed E-state index contributed by atoms with van der Waals surface area (Å²) in [4.78, 5) is 1.24. The summed E-state index contributed by atoms with van der Waals surface area (Å²) in [7, 11) is 0. The molecule has 0 radical (unpaired) electrons. The Morgan fingerprint density at radius 2 is 1.75 bits per heavy atom. The van der Waals surface area contributed by atoms with E-state index in [0.717, 1.165) is 30.3 Å². The second-order valence-electron chi connectivity index (χ2n) is 5.37. The molecular formula is C20H18N2OS. The maximum absolute atomic E-state index is 8.80. The highest BCUT2D eigenvalue weighted by Crippen LogP contribution is 2.29. The van der Waals surface area contributed by atoms with E-state index in [-0.39, 0.29) is 0 Å². The number of benzene rings is 2. The molecule has 24 heavy (non-hydrogen) atoms. The summed E-state index contributed by atoms with van der Waals surface area (Å²) < 4.78 is 5.82. The molecule has 1 heterocycles. The van der Waals surface area contributed by atoms with E-state index in [1.165, 1.54) is 10.4 Å². The minimum atomic E-state index is 0.636. The van der Waals surface area contributed by atoms with Crippen LogP contribution in [0.2, 0.25) is 0 Å². The number of hydrogen-bond acceptors (Lipinski definition) is 4. The third-order valence-electron chi connectivity index (χ3n) is 3.57. The van der Waals surface area contributed by atoms with Crippen LogP contribution in [0.1, 0.15) is 16.0 Å². The van der Waals surface area contributed by atoms with Crippen molar-refractivity contribution in [2.75, 3.05) is 6.54 Å². The number of rotatable bonds is 7. The molecule has 1 aromatic heterocycles. The van der Waals surface area contributed by atoms with E-state index in [0.29, 0.717) is 5.56 Å². The van der Waals surface area contributed by atoms with Crippen LogP contribution in [0.3, 0.4) is 0 Å². The van der Waals surface area contributed by atoms with Crippen molar-refractivity contribution >= 4 is 11.3 Å². The summed E-state index contributed by atoms with van der Waals surface area (Å²) in [6.07, 6.45) is 1.03. The minimum Gasteiger partial charge on any atom is -0.447 e. The molecule has 0 bridgehead atoms. The van der Waals surface area contributed by atoms with Crippen LogP contribution in [-0.4, -0.2) is 6.54 Å². The van der Waals surface area contributed by atoms with Gasteiger partial charge in [0.25, 0.3) is 0 Å². The van der Waals surface area contributed by atoms with E-state index in [1.54, 1.807) is 23.5 Å². The minimum absolute atomic E-state index is 0.636. The van der Waals surface area contributed by atoms with Gasteiger partial charge < -0.3 is 10.1 Å². The molecule has 3 nitrogen and oxygen atoms in total. The van der Waals surface area contributed by atoms with Crippen molar-refractivity contribution in [3.8, 4) is 16.9 Å².